The average Bonchev–Trinajstić information content (AvgIpc) is 2.66. The third kappa shape index (κ3) is 7.20. The normalized spacial score (nSPS) is 9.57. The molecule has 0 atom stereocenters. The quantitative estimate of drug-likeness (QED) is 0.549. The van der Waals surface area contributed by atoms with E-state index in [1.807, 2.05) is 39.8 Å². The molecule has 0 aromatic heterocycles. The summed E-state index contributed by atoms with van der Waals surface area (Å²) in [7, 11) is 0. The average molecular weight is 309 g/mol. The van der Waals surface area contributed by atoms with Gasteiger partial charge in [-0.25, -0.2) is 0 Å². The number of terminal acetylenes is 1. The maximum atomic E-state index is 5.86. The van der Waals surface area contributed by atoms with E-state index in [4.69, 9.17) is 6.42 Å². The molecule has 23 heavy (non-hydrogen) atoms. The van der Waals surface area contributed by atoms with Gasteiger partial charge in [0.25, 0.3) is 0 Å². The zero-order chi connectivity index (χ0) is 17.6. The van der Waals surface area contributed by atoms with Crippen LogP contribution >= 0.6 is 0 Å². The highest BCUT2D eigenvalue weighted by Gasteiger charge is 2.26. The number of benzene rings is 2. The van der Waals surface area contributed by atoms with Crippen LogP contribution in [0.15, 0.2) is 60.7 Å². The molecule has 2 aromatic rings. The highest BCUT2D eigenvalue weighted by Crippen LogP contribution is 2.30. The van der Waals surface area contributed by atoms with Crippen molar-refractivity contribution in [1.29, 1.82) is 0 Å². The summed E-state index contributed by atoms with van der Waals surface area (Å²) in [6, 6.07) is 21.0. The molecule has 0 unspecified atom stereocenters. The van der Waals surface area contributed by atoms with E-state index in [9.17, 15) is 0 Å². The van der Waals surface area contributed by atoms with Crippen molar-refractivity contribution in [2.24, 2.45) is 5.41 Å². The summed E-state index contributed by atoms with van der Waals surface area (Å²) in [6.07, 6.45) is 8.74. The van der Waals surface area contributed by atoms with E-state index in [0.29, 0.717) is 0 Å². The van der Waals surface area contributed by atoms with Gasteiger partial charge < -0.3 is 0 Å². The van der Waals surface area contributed by atoms with E-state index >= 15 is 0 Å². The van der Waals surface area contributed by atoms with E-state index in [-0.39, 0.29) is 5.41 Å². The van der Waals surface area contributed by atoms with Gasteiger partial charge in [0.15, 0.2) is 0 Å². The lowest BCUT2D eigenvalue weighted by molar-refractivity contribution is 0.380. The van der Waals surface area contributed by atoms with E-state index in [2.05, 4.69) is 61.4 Å². The monoisotopic (exact) mass is 308 g/mol. The van der Waals surface area contributed by atoms with Crippen LogP contribution in [0.4, 0.5) is 0 Å². The van der Waals surface area contributed by atoms with E-state index < -0.39 is 0 Å². The van der Waals surface area contributed by atoms with Crippen molar-refractivity contribution in [2.45, 2.75) is 53.9 Å². The van der Waals surface area contributed by atoms with Gasteiger partial charge in [0.1, 0.15) is 0 Å². The Morgan fingerprint density at radius 3 is 1.35 bits per heavy atom. The van der Waals surface area contributed by atoms with Gasteiger partial charge in [0, 0.05) is 5.41 Å². The second kappa shape index (κ2) is 12.5. The van der Waals surface area contributed by atoms with Crippen molar-refractivity contribution >= 4 is 0 Å². The van der Waals surface area contributed by atoms with Crippen LogP contribution in [-0.4, -0.2) is 0 Å². The summed E-state index contributed by atoms with van der Waals surface area (Å²) in [5.74, 6) is 3.06. The summed E-state index contributed by atoms with van der Waals surface area (Å²) in [6.45, 7) is 10.2. The maximum absolute atomic E-state index is 5.86. The molecule has 0 N–H and O–H groups in total. The molecule has 0 radical (unpaired) electrons. The van der Waals surface area contributed by atoms with Crippen LogP contribution in [0.5, 0.6) is 0 Å². The Balaban J connectivity index is 0.00000112. The molecule has 124 valence electrons. The van der Waals surface area contributed by atoms with Gasteiger partial charge in [-0.05, 0) is 30.4 Å². The summed E-state index contributed by atoms with van der Waals surface area (Å²) in [4.78, 5) is 0. The zero-order valence-corrected chi connectivity index (χ0v) is 15.5. The van der Waals surface area contributed by atoms with E-state index in [1.54, 1.807) is 0 Å². The molecule has 0 heterocycles. The van der Waals surface area contributed by atoms with Crippen LogP contribution in [0.2, 0.25) is 0 Å². The molecule has 0 aliphatic carbocycles. The molecule has 0 nitrogen and oxygen atoms in total. The van der Waals surface area contributed by atoms with Gasteiger partial charge >= 0.3 is 0 Å². The van der Waals surface area contributed by atoms with Crippen LogP contribution in [0, 0.1) is 17.8 Å². The smallest absolute Gasteiger partial charge is 0.0389 e. The molecule has 0 fully saturated rings. The van der Waals surface area contributed by atoms with Gasteiger partial charge in [0.2, 0.25) is 0 Å². The number of hydrogen-bond acceptors (Lipinski definition) is 0. The van der Waals surface area contributed by atoms with Crippen LogP contribution < -0.4 is 0 Å². The first-order valence-electron chi connectivity index (χ1n) is 8.83. The van der Waals surface area contributed by atoms with Gasteiger partial charge in [-0.1, -0.05) is 101 Å². The van der Waals surface area contributed by atoms with Gasteiger partial charge in [-0.3, -0.25) is 0 Å². The second-order valence-corrected chi connectivity index (χ2v) is 5.10. The van der Waals surface area contributed by atoms with Crippen molar-refractivity contribution < 1.29 is 0 Å². The van der Waals surface area contributed by atoms with E-state index in [0.717, 1.165) is 19.3 Å². The van der Waals surface area contributed by atoms with Crippen molar-refractivity contribution in [3.63, 3.8) is 0 Å². The molecule has 2 aromatic carbocycles. The topological polar surface area (TPSA) is 0 Å². The molecule has 0 saturated carbocycles. The minimum Gasteiger partial charge on any atom is -0.119 e. The summed E-state index contributed by atoms with van der Waals surface area (Å²) >= 11 is 0. The predicted octanol–water partition coefficient (Wildman–Crippen LogP) is 6.55. The molecular formula is C23H32. The molecule has 2 rings (SSSR count). The van der Waals surface area contributed by atoms with Crippen LogP contribution in [0.3, 0.4) is 0 Å². The highest BCUT2D eigenvalue weighted by atomic mass is 14.3. The maximum Gasteiger partial charge on any atom is 0.0389 e. The first-order valence-corrected chi connectivity index (χ1v) is 8.83. The molecule has 0 heteroatoms. The number of rotatable bonds is 5. The van der Waals surface area contributed by atoms with Crippen molar-refractivity contribution in [3.05, 3.63) is 71.8 Å². The fraction of sp³-hybridized carbons (Fsp3) is 0.391. The van der Waals surface area contributed by atoms with Crippen LogP contribution in [-0.2, 0) is 12.8 Å². The third-order valence-electron chi connectivity index (χ3n) is 3.75. The Bertz CT molecular complexity index is 490. The predicted molar refractivity (Wildman–Crippen MR) is 105 cm³/mol. The minimum atomic E-state index is -0.0806. The molecule has 0 bridgehead atoms. The van der Waals surface area contributed by atoms with Crippen molar-refractivity contribution in [1.82, 2.24) is 0 Å². The lowest BCUT2D eigenvalue weighted by atomic mass is 9.75. The molecule has 0 aliphatic heterocycles. The minimum absolute atomic E-state index is 0.0806. The lowest BCUT2D eigenvalue weighted by Crippen LogP contribution is -2.24. The van der Waals surface area contributed by atoms with Crippen LogP contribution in [0.25, 0.3) is 0 Å². The Labute approximate surface area is 144 Å². The summed E-state index contributed by atoms with van der Waals surface area (Å²) < 4.78 is 0. The largest absolute Gasteiger partial charge is 0.119 e. The van der Waals surface area contributed by atoms with E-state index in [1.165, 1.54) is 11.1 Å². The lowest BCUT2D eigenvalue weighted by Gasteiger charge is -2.27. The Kier molecular flexibility index (Phi) is 11.4. The molecule has 0 saturated heterocycles. The third-order valence-corrected chi connectivity index (χ3v) is 3.75. The number of hydrogen-bond donors (Lipinski definition) is 0. The van der Waals surface area contributed by atoms with Crippen LogP contribution in [0.1, 0.15) is 52.2 Å². The first kappa shape index (κ1) is 21.0. The van der Waals surface area contributed by atoms with Gasteiger partial charge in [-0.15, -0.1) is 6.42 Å². The highest BCUT2D eigenvalue weighted by molar-refractivity contribution is 5.25. The Hall–Kier alpha value is -2.00. The van der Waals surface area contributed by atoms with Gasteiger partial charge in [0.05, 0.1) is 0 Å². The zero-order valence-electron chi connectivity index (χ0n) is 15.5. The standard InChI is InChI=1S/C19H20.2C2H6/c1-3-19(4-2,15-17-11-7-5-8-12-17)16-18-13-9-6-10-14-18;2*1-2/h1,5-14H,4,15-16H2,2H3;2*1-2H3. The fourth-order valence-electron chi connectivity index (χ4n) is 2.49. The summed E-state index contributed by atoms with van der Waals surface area (Å²) in [5, 5.41) is 0. The molecular weight excluding hydrogens is 276 g/mol. The van der Waals surface area contributed by atoms with Crippen molar-refractivity contribution in [3.8, 4) is 12.3 Å². The second-order valence-electron chi connectivity index (χ2n) is 5.10. The Morgan fingerprint density at radius 2 is 1.09 bits per heavy atom. The molecule has 0 aliphatic rings. The first-order chi connectivity index (χ1) is 11.3. The fourth-order valence-corrected chi connectivity index (χ4v) is 2.49. The Morgan fingerprint density at radius 1 is 0.739 bits per heavy atom. The van der Waals surface area contributed by atoms with Crippen molar-refractivity contribution in [2.75, 3.05) is 0 Å². The van der Waals surface area contributed by atoms with Gasteiger partial charge in [-0.2, -0.15) is 0 Å². The molecule has 0 spiro atoms. The SMILES string of the molecule is C#CC(CC)(Cc1ccccc1)Cc1ccccc1.CC.CC. The summed E-state index contributed by atoms with van der Waals surface area (Å²) in [5.41, 5.74) is 2.55. The molecule has 0 amide bonds.